The molecule has 0 aliphatic carbocycles. The first-order chi connectivity index (χ1) is 8.06. The van der Waals surface area contributed by atoms with E-state index in [1.165, 1.54) is 0 Å². The molecule has 2 N–H and O–H groups in total. The van der Waals surface area contributed by atoms with Crippen LogP contribution < -0.4 is 5.73 Å². The second-order valence-corrected chi connectivity index (χ2v) is 4.54. The predicted octanol–water partition coefficient (Wildman–Crippen LogP) is 3.26. The van der Waals surface area contributed by atoms with Crippen LogP contribution >= 0.6 is 23.2 Å². The number of hydrogen-bond donors (Lipinski definition) is 1. The van der Waals surface area contributed by atoms with E-state index >= 15 is 0 Å². The first-order valence-electron chi connectivity index (χ1n) is 5.09. The Kier molecular flexibility index (Phi) is 3.50. The van der Waals surface area contributed by atoms with Gasteiger partial charge in [0.15, 0.2) is 0 Å². The number of nitrogens with zero attached hydrogens (tertiary/aromatic N) is 2. The molecular formula is C12H11Cl2N3. The zero-order valence-corrected chi connectivity index (χ0v) is 10.8. The van der Waals surface area contributed by atoms with Crippen LogP contribution in [0.3, 0.4) is 0 Å². The normalized spacial score (nSPS) is 10.5. The minimum absolute atomic E-state index is 0.454. The van der Waals surface area contributed by atoms with Gasteiger partial charge < -0.3 is 5.73 Å². The van der Waals surface area contributed by atoms with E-state index in [1.54, 1.807) is 24.3 Å². The van der Waals surface area contributed by atoms with Crippen molar-refractivity contribution < 1.29 is 0 Å². The van der Waals surface area contributed by atoms with Crippen molar-refractivity contribution >= 4 is 29.0 Å². The number of benzene rings is 1. The summed E-state index contributed by atoms with van der Waals surface area (Å²) in [5.41, 5.74) is 7.32. The van der Waals surface area contributed by atoms with Gasteiger partial charge in [-0.3, -0.25) is 0 Å². The van der Waals surface area contributed by atoms with Crippen LogP contribution in [-0.4, -0.2) is 9.97 Å². The molecule has 0 aliphatic heterocycles. The first-order valence-corrected chi connectivity index (χ1v) is 5.85. The number of aryl methyl sites for hydroxylation is 1. The molecule has 5 heteroatoms. The predicted molar refractivity (Wildman–Crippen MR) is 70.4 cm³/mol. The van der Waals surface area contributed by atoms with Crippen molar-refractivity contribution in [1.29, 1.82) is 0 Å². The van der Waals surface area contributed by atoms with Crippen LogP contribution in [0.5, 0.6) is 0 Å². The van der Waals surface area contributed by atoms with E-state index < -0.39 is 0 Å². The van der Waals surface area contributed by atoms with Crippen molar-refractivity contribution in [2.45, 2.75) is 13.3 Å². The third kappa shape index (κ3) is 2.87. The molecule has 0 bridgehead atoms. The summed E-state index contributed by atoms with van der Waals surface area (Å²) in [7, 11) is 0. The van der Waals surface area contributed by atoms with Crippen LogP contribution in [0.4, 0.5) is 5.82 Å². The van der Waals surface area contributed by atoms with Gasteiger partial charge in [0, 0.05) is 28.2 Å². The van der Waals surface area contributed by atoms with E-state index in [2.05, 4.69) is 9.97 Å². The summed E-state index contributed by atoms with van der Waals surface area (Å²) in [6.07, 6.45) is 0.477. The first kappa shape index (κ1) is 12.1. The van der Waals surface area contributed by atoms with Crippen molar-refractivity contribution in [1.82, 2.24) is 9.97 Å². The highest BCUT2D eigenvalue weighted by Gasteiger charge is 2.09. The summed E-state index contributed by atoms with van der Waals surface area (Å²) in [5, 5.41) is 1.22. The molecule has 1 heterocycles. The second-order valence-electron chi connectivity index (χ2n) is 3.73. The lowest BCUT2D eigenvalue weighted by Gasteiger charge is -2.07. The van der Waals surface area contributed by atoms with E-state index in [9.17, 15) is 0 Å². The summed E-state index contributed by atoms with van der Waals surface area (Å²) in [6.45, 7) is 1.87. The quantitative estimate of drug-likeness (QED) is 0.909. The van der Waals surface area contributed by atoms with Crippen LogP contribution in [0.1, 0.15) is 17.1 Å². The molecule has 2 aromatic rings. The Labute approximate surface area is 110 Å². The van der Waals surface area contributed by atoms with Gasteiger partial charge in [-0.05, 0) is 24.6 Å². The van der Waals surface area contributed by atoms with Gasteiger partial charge in [-0.15, -0.1) is 0 Å². The molecule has 88 valence electrons. The number of rotatable bonds is 2. The van der Waals surface area contributed by atoms with Gasteiger partial charge in [-0.1, -0.05) is 29.3 Å². The van der Waals surface area contributed by atoms with E-state index in [4.69, 9.17) is 28.9 Å². The summed E-state index contributed by atoms with van der Waals surface area (Å²) in [6, 6.07) is 7.11. The Balaban J connectivity index is 2.38. The molecule has 0 fully saturated rings. The average Bonchev–Trinajstić information content (AvgIpc) is 2.22. The van der Waals surface area contributed by atoms with E-state index in [0.717, 1.165) is 11.3 Å². The third-order valence-corrected chi connectivity index (χ3v) is 3.03. The van der Waals surface area contributed by atoms with Gasteiger partial charge in [0.05, 0.1) is 0 Å². The maximum atomic E-state index is 6.09. The molecule has 0 radical (unpaired) electrons. The molecule has 0 unspecified atom stereocenters. The highest BCUT2D eigenvalue weighted by atomic mass is 35.5. The molecule has 0 aliphatic rings. The highest BCUT2D eigenvalue weighted by molar-refractivity contribution is 6.36. The minimum atomic E-state index is 0.454. The average molecular weight is 268 g/mol. The molecular weight excluding hydrogens is 257 g/mol. The molecule has 1 aromatic carbocycles. The monoisotopic (exact) mass is 267 g/mol. The molecule has 1 aromatic heterocycles. The molecule has 0 amide bonds. The van der Waals surface area contributed by atoms with Crippen molar-refractivity contribution in [2.75, 3.05) is 5.73 Å². The van der Waals surface area contributed by atoms with Crippen molar-refractivity contribution in [2.24, 2.45) is 0 Å². The fourth-order valence-electron chi connectivity index (χ4n) is 1.59. The smallest absolute Gasteiger partial charge is 0.135 e. The van der Waals surface area contributed by atoms with Crippen LogP contribution in [0.15, 0.2) is 24.3 Å². The maximum Gasteiger partial charge on any atom is 0.135 e. The van der Waals surface area contributed by atoms with Crippen LogP contribution in [0.2, 0.25) is 10.0 Å². The lowest BCUT2D eigenvalue weighted by atomic mass is 10.1. The standard InChI is InChI=1S/C12H11Cl2N3/c1-7-5-11(15)17-12(16-7)6-8-9(13)3-2-4-10(8)14/h2-5H,6H2,1H3,(H2,15,16,17). The largest absolute Gasteiger partial charge is 0.384 e. The van der Waals surface area contributed by atoms with Crippen molar-refractivity contribution in [3.8, 4) is 0 Å². The highest BCUT2D eigenvalue weighted by Crippen LogP contribution is 2.26. The van der Waals surface area contributed by atoms with Crippen LogP contribution in [0, 0.1) is 6.92 Å². The topological polar surface area (TPSA) is 51.8 Å². The molecule has 0 saturated heterocycles. The summed E-state index contributed by atoms with van der Waals surface area (Å²) < 4.78 is 0. The second kappa shape index (κ2) is 4.90. The zero-order valence-electron chi connectivity index (χ0n) is 9.24. The Morgan fingerprint density at radius 2 is 1.82 bits per heavy atom. The minimum Gasteiger partial charge on any atom is -0.384 e. The summed E-state index contributed by atoms with van der Waals surface area (Å²) in [4.78, 5) is 8.46. The van der Waals surface area contributed by atoms with Gasteiger partial charge in [-0.25, -0.2) is 9.97 Å². The Morgan fingerprint density at radius 3 is 2.41 bits per heavy atom. The third-order valence-electron chi connectivity index (χ3n) is 2.32. The van der Waals surface area contributed by atoms with E-state index in [-0.39, 0.29) is 0 Å². The Hall–Kier alpha value is -1.32. The van der Waals surface area contributed by atoms with Crippen LogP contribution in [-0.2, 0) is 6.42 Å². The lowest BCUT2D eigenvalue weighted by molar-refractivity contribution is 0.949. The maximum absolute atomic E-state index is 6.09. The molecule has 2 rings (SSSR count). The molecule has 0 atom stereocenters. The van der Waals surface area contributed by atoms with Gasteiger partial charge in [0.1, 0.15) is 11.6 Å². The number of nitrogens with two attached hydrogens (primary N) is 1. The summed E-state index contributed by atoms with van der Waals surface area (Å²) >= 11 is 12.2. The van der Waals surface area contributed by atoms with Crippen molar-refractivity contribution in [3.05, 3.63) is 51.4 Å². The fraction of sp³-hybridized carbons (Fsp3) is 0.167. The SMILES string of the molecule is Cc1cc(N)nc(Cc2c(Cl)cccc2Cl)n1. The van der Waals surface area contributed by atoms with E-state index in [1.807, 2.05) is 6.92 Å². The number of hydrogen-bond acceptors (Lipinski definition) is 3. The van der Waals surface area contributed by atoms with Crippen molar-refractivity contribution in [3.63, 3.8) is 0 Å². The van der Waals surface area contributed by atoms with E-state index in [0.29, 0.717) is 28.1 Å². The lowest BCUT2D eigenvalue weighted by Crippen LogP contribution is -2.02. The number of nitrogen functional groups attached to an aromatic ring is 1. The van der Waals surface area contributed by atoms with Gasteiger partial charge >= 0.3 is 0 Å². The fourth-order valence-corrected chi connectivity index (χ4v) is 2.13. The summed E-state index contributed by atoms with van der Waals surface area (Å²) in [5.74, 6) is 1.08. The molecule has 0 spiro atoms. The zero-order chi connectivity index (χ0) is 12.4. The number of halogens is 2. The molecule has 0 saturated carbocycles. The Morgan fingerprint density at radius 1 is 1.18 bits per heavy atom. The Bertz CT molecular complexity index is 515. The van der Waals surface area contributed by atoms with Gasteiger partial charge in [-0.2, -0.15) is 0 Å². The molecule has 17 heavy (non-hydrogen) atoms. The van der Waals surface area contributed by atoms with Gasteiger partial charge in [0.2, 0.25) is 0 Å². The molecule has 3 nitrogen and oxygen atoms in total. The number of aromatic nitrogens is 2. The van der Waals surface area contributed by atoms with Gasteiger partial charge in [0.25, 0.3) is 0 Å². The number of anilines is 1. The van der Waals surface area contributed by atoms with Crippen LogP contribution in [0.25, 0.3) is 0 Å².